The Kier molecular flexibility index (Phi) is 14.6. The van der Waals surface area contributed by atoms with Crippen molar-refractivity contribution in [3.8, 4) is 0 Å². The number of carbonyl (C=O) groups is 1. The van der Waals surface area contributed by atoms with Gasteiger partial charge in [0.2, 0.25) is 0 Å². The number of carbonyl (C=O) groups excluding carboxylic acids is 1. The van der Waals surface area contributed by atoms with Crippen LogP contribution in [0.25, 0.3) is 5.57 Å². The van der Waals surface area contributed by atoms with E-state index in [0.717, 1.165) is 49.2 Å². The van der Waals surface area contributed by atoms with E-state index >= 15 is 0 Å². The minimum Gasteiger partial charge on any atom is -0.499 e. The number of thiophene rings is 2. The van der Waals surface area contributed by atoms with Crippen LogP contribution in [0.2, 0.25) is 0 Å². The first-order valence-corrected chi connectivity index (χ1v) is 19.4. The molecule has 1 aliphatic heterocycles. The molecule has 1 fully saturated rings. The Hall–Kier alpha value is -4.05. The van der Waals surface area contributed by atoms with Crippen LogP contribution < -0.4 is 0 Å². The Morgan fingerprint density at radius 3 is 1.80 bits per heavy atom. The molecule has 2 aromatic heterocycles. The summed E-state index contributed by atoms with van der Waals surface area (Å²) in [6.45, 7) is 10.1. The summed E-state index contributed by atoms with van der Waals surface area (Å²) in [6, 6.07) is 34.8. The molecule has 6 rings (SSSR count). The average Bonchev–Trinajstić information content (AvgIpc) is 3.81. The van der Waals surface area contributed by atoms with Gasteiger partial charge < -0.3 is 19.3 Å². The van der Waals surface area contributed by atoms with Gasteiger partial charge in [0.05, 0.1) is 32.0 Å². The molecule has 268 valence electrons. The Bertz CT molecular complexity index is 1650. The number of hydrogen-bond donors (Lipinski definition) is 1. The fourth-order valence-corrected chi connectivity index (χ4v) is 8.45. The van der Waals surface area contributed by atoms with Gasteiger partial charge in [0, 0.05) is 28.4 Å². The molecule has 6 nitrogen and oxygen atoms in total. The van der Waals surface area contributed by atoms with Crippen LogP contribution in [0.1, 0.15) is 57.3 Å². The van der Waals surface area contributed by atoms with E-state index in [-0.39, 0.29) is 25.1 Å². The lowest BCUT2D eigenvalue weighted by Crippen LogP contribution is -2.40. The molecule has 1 N–H and O–H groups in total. The van der Waals surface area contributed by atoms with Gasteiger partial charge in [-0.1, -0.05) is 91.0 Å². The second-order valence-electron chi connectivity index (χ2n) is 12.5. The second-order valence-corrected chi connectivity index (χ2v) is 14.3. The van der Waals surface area contributed by atoms with Crippen LogP contribution in [0.3, 0.4) is 0 Å². The highest BCUT2D eigenvalue weighted by Gasteiger charge is 2.37. The molecular formula is C43H49NO5S2. The van der Waals surface area contributed by atoms with Crippen molar-refractivity contribution in [3.63, 3.8) is 0 Å². The summed E-state index contributed by atoms with van der Waals surface area (Å²) in [4.78, 5) is 16.9. The SMILES string of the molecule is CCOC(=O)[C@@H]1CCCN(CCOC=C(c2sccc2C)c2sccc2C)C1.OCCOC(c1ccccc1)(c1ccccc1)c1ccccc1. The van der Waals surface area contributed by atoms with E-state index < -0.39 is 5.60 Å². The summed E-state index contributed by atoms with van der Waals surface area (Å²) in [5.41, 5.74) is 6.14. The molecule has 0 bridgehead atoms. The Labute approximate surface area is 311 Å². The number of aliphatic hydroxyl groups excluding tert-OH is 1. The lowest BCUT2D eigenvalue weighted by atomic mass is 9.80. The maximum absolute atomic E-state index is 12.0. The van der Waals surface area contributed by atoms with Gasteiger partial charge in [-0.15, -0.1) is 22.7 Å². The van der Waals surface area contributed by atoms with Gasteiger partial charge in [-0.3, -0.25) is 9.69 Å². The number of rotatable bonds is 14. The lowest BCUT2D eigenvalue weighted by Gasteiger charge is -2.35. The van der Waals surface area contributed by atoms with Gasteiger partial charge in [0.25, 0.3) is 0 Å². The second kappa shape index (κ2) is 19.5. The minimum atomic E-state index is -0.730. The first kappa shape index (κ1) is 38.2. The number of esters is 1. The summed E-state index contributed by atoms with van der Waals surface area (Å²) in [5.74, 6) is -0.0565. The monoisotopic (exact) mass is 723 g/mol. The molecule has 0 amide bonds. The number of aliphatic hydroxyl groups is 1. The quantitative estimate of drug-likeness (QED) is 0.0534. The van der Waals surface area contributed by atoms with E-state index in [1.807, 2.05) is 67.8 Å². The average molecular weight is 724 g/mol. The van der Waals surface area contributed by atoms with Crippen LogP contribution >= 0.6 is 22.7 Å². The number of benzene rings is 3. The fraction of sp³-hybridized carbons (Fsp3) is 0.326. The molecule has 0 radical (unpaired) electrons. The first-order valence-electron chi connectivity index (χ1n) is 17.7. The molecule has 0 unspecified atom stereocenters. The van der Waals surface area contributed by atoms with Crippen LogP contribution in [0.5, 0.6) is 0 Å². The third-order valence-corrected chi connectivity index (χ3v) is 11.1. The van der Waals surface area contributed by atoms with Crippen molar-refractivity contribution in [2.75, 3.05) is 46.1 Å². The zero-order valence-corrected chi connectivity index (χ0v) is 31.5. The minimum absolute atomic E-state index is 0.00217. The summed E-state index contributed by atoms with van der Waals surface area (Å²) >= 11 is 3.51. The van der Waals surface area contributed by atoms with Crippen molar-refractivity contribution in [2.24, 2.45) is 5.92 Å². The number of likely N-dealkylation sites (tertiary alicyclic amines) is 1. The van der Waals surface area contributed by atoms with Gasteiger partial charge in [-0.2, -0.15) is 0 Å². The molecule has 0 aliphatic carbocycles. The molecule has 51 heavy (non-hydrogen) atoms. The number of piperidine rings is 1. The molecule has 5 aromatic rings. The Balaban J connectivity index is 0.000000201. The molecule has 3 aromatic carbocycles. The maximum atomic E-state index is 12.0. The number of ether oxygens (including phenoxy) is 3. The van der Waals surface area contributed by atoms with Crippen molar-refractivity contribution in [1.82, 2.24) is 4.90 Å². The van der Waals surface area contributed by atoms with Crippen molar-refractivity contribution in [3.05, 3.63) is 158 Å². The van der Waals surface area contributed by atoms with Crippen molar-refractivity contribution < 1.29 is 24.1 Å². The van der Waals surface area contributed by atoms with Crippen LogP contribution in [-0.2, 0) is 24.6 Å². The van der Waals surface area contributed by atoms with Gasteiger partial charge in [-0.25, -0.2) is 0 Å². The van der Waals surface area contributed by atoms with E-state index in [1.54, 1.807) is 22.7 Å². The summed E-state index contributed by atoms with van der Waals surface area (Å²) < 4.78 is 17.5. The topological polar surface area (TPSA) is 68.2 Å². The number of hydrogen-bond acceptors (Lipinski definition) is 8. The fourth-order valence-electron chi connectivity index (χ4n) is 6.51. The van der Waals surface area contributed by atoms with Crippen LogP contribution in [0.15, 0.2) is 120 Å². The molecule has 3 heterocycles. The summed E-state index contributed by atoms with van der Waals surface area (Å²) in [6.07, 6.45) is 3.88. The molecule has 0 spiro atoms. The highest BCUT2D eigenvalue weighted by molar-refractivity contribution is 7.14. The molecule has 1 saturated heterocycles. The van der Waals surface area contributed by atoms with E-state index in [9.17, 15) is 9.90 Å². The van der Waals surface area contributed by atoms with Gasteiger partial charge in [-0.05, 0) is 90.9 Å². The predicted molar refractivity (Wildman–Crippen MR) is 209 cm³/mol. The molecular weight excluding hydrogens is 675 g/mol. The third kappa shape index (κ3) is 9.84. The standard InChI is InChI=1S/C22H29NO3S2.C21H20O2/c1-4-26-22(24)18-6-5-9-23(14-18)10-11-25-15-19(20-16(2)7-12-27-20)21-17(3)8-13-28-21;22-16-17-23-21(18-10-4-1-5-11-18,19-12-6-2-7-13-19)20-14-8-3-9-15-20/h7-8,12-13,15,18H,4-6,9-11,14H2,1-3H3;1-15,22H,16-17H2/t18-;/m1./s1. The van der Waals surface area contributed by atoms with E-state index in [0.29, 0.717) is 13.2 Å². The van der Waals surface area contributed by atoms with Gasteiger partial charge >= 0.3 is 5.97 Å². The largest absolute Gasteiger partial charge is 0.499 e. The van der Waals surface area contributed by atoms with E-state index in [1.165, 1.54) is 26.5 Å². The molecule has 1 atom stereocenters. The highest BCUT2D eigenvalue weighted by atomic mass is 32.1. The van der Waals surface area contributed by atoms with Crippen LogP contribution in [0.4, 0.5) is 0 Å². The predicted octanol–water partition coefficient (Wildman–Crippen LogP) is 9.09. The van der Waals surface area contributed by atoms with Crippen LogP contribution in [0, 0.1) is 19.8 Å². The lowest BCUT2D eigenvalue weighted by molar-refractivity contribution is -0.150. The third-order valence-electron chi connectivity index (χ3n) is 9.02. The van der Waals surface area contributed by atoms with Gasteiger partial charge in [0.1, 0.15) is 12.2 Å². The summed E-state index contributed by atoms with van der Waals surface area (Å²) in [7, 11) is 0. The Morgan fingerprint density at radius 2 is 1.35 bits per heavy atom. The zero-order chi connectivity index (χ0) is 35.9. The molecule has 1 aliphatic rings. The van der Waals surface area contributed by atoms with E-state index in [2.05, 4.69) is 78.0 Å². The van der Waals surface area contributed by atoms with Crippen molar-refractivity contribution >= 4 is 34.2 Å². The van der Waals surface area contributed by atoms with Crippen LogP contribution in [-0.4, -0.2) is 62.0 Å². The molecule has 0 saturated carbocycles. The zero-order valence-electron chi connectivity index (χ0n) is 29.8. The van der Waals surface area contributed by atoms with Crippen molar-refractivity contribution in [1.29, 1.82) is 0 Å². The normalized spacial score (nSPS) is 14.6. The number of aryl methyl sites for hydroxylation is 2. The maximum Gasteiger partial charge on any atom is 0.310 e. The van der Waals surface area contributed by atoms with Crippen molar-refractivity contribution in [2.45, 2.75) is 39.2 Å². The Morgan fingerprint density at radius 1 is 0.824 bits per heavy atom. The first-order chi connectivity index (χ1) is 25.0. The molecule has 8 heteroatoms. The highest BCUT2D eigenvalue weighted by Crippen LogP contribution is 2.40. The van der Waals surface area contributed by atoms with E-state index in [4.69, 9.17) is 14.2 Å². The number of nitrogens with zero attached hydrogens (tertiary/aromatic N) is 1. The summed E-state index contributed by atoms with van der Waals surface area (Å²) in [5, 5.41) is 13.6. The van der Waals surface area contributed by atoms with Gasteiger partial charge in [0.15, 0.2) is 0 Å². The smallest absolute Gasteiger partial charge is 0.310 e.